The van der Waals surface area contributed by atoms with Gasteiger partial charge in [0.25, 0.3) is 0 Å². The highest BCUT2D eigenvalue weighted by molar-refractivity contribution is 5.76. The van der Waals surface area contributed by atoms with E-state index in [1.54, 1.807) is 30.8 Å². The number of ether oxygens (including phenoxy) is 3. The number of hydrogen-bond acceptors (Lipinski definition) is 10. The highest BCUT2D eigenvalue weighted by Crippen LogP contribution is 2.15. The Balaban J connectivity index is 0. The third kappa shape index (κ3) is 25.6. The molecule has 0 radical (unpaired) electrons. The van der Waals surface area contributed by atoms with Gasteiger partial charge in [-0.25, -0.2) is 9.59 Å². The lowest BCUT2D eigenvalue weighted by Gasteiger charge is -2.29. The Labute approximate surface area is 327 Å². The highest BCUT2D eigenvalue weighted by Gasteiger charge is 2.28. The average molecular weight is 769 g/mol. The van der Waals surface area contributed by atoms with Gasteiger partial charge in [0.2, 0.25) is 0 Å². The summed E-state index contributed by atoms with van der Waals surface area (Å²) in [7, 11) is 7.24. The Kier molecular flexibility index (Phi) is 26.5. The molecule has 13 heteroatoms. The van der Waals surface area contributed by atoms with E-state index in [-0.39, 0.29) is 49.2 Å². The molecule has 0 spiro atoms. The summed E-state index contributed by atoms with van der Waals surface area (Å²) in [5, 5.41) is 16.8. The summed E-state index contributed by atoms with van der Waals surface area (Å²) in [6.07, 6.45) is 2.72. The van der Waals surface area contributed by atoms with Gasteiger partial charge in [0.1, 0.15) is 29.9 Å². The van der Waals surface area contributed by atoms with E-state index in [9.17, 15) is 24.3 Å². The zero-order chi connectivity index (χ0) is 42.2. The Bertz CT molecular complexity index is 1180. The van der Waals surface area contributed by atoms with Crippen LogP contribution in [0.25, 0.3) is 0 Å². The van der Waals surface area contributed by atoms with E-state index in [1.807, 2.05) is 123 Å². The van der Waals surface area contributed by atoms with Gasteiger partial charge in [0.05, 0.1) is 0 Å². The van der Waals surface area contributed by atoms with Crippen LogP contribution in [0.1, 0.15) is 107 Å². The Morgan fingerprint density at radius 2 is 1.00 bits per heavy atom. The Morgan fingerprint density at radius 1 is 0.648 bits per heavy atom. The number of amides is 2. The number of unbranched alkanes of at least 4 members (excludes halogenated alkanes) is 2. The van der Waals surface area contributed by atoms with Crippen molar-refractivity contribution in [3.8, 4) is 0 Å². The number of aliphatic hydroxyl groups is 1. The molecule has 0 heterocycles. The van der Waals surface area contributed by atoms with Gasteiger partial charge < -0.3 is 34.2 Å². The fourth-order valence-corrected chi connectivity index (χ4v) is 5.32. The van der Waals surface area contributed by atoms with E-state index in [0.29, 0.717) is 19.6 Å². The van der Waals surface area contributed by atoms with E-state index < -0.39 is 23.2 Å². The van der Waals surface area contributed by atoms with Gasteiger partial charge in [-0.05, 0) is 119 Å². The van der Waals surface area contributed by atoms with E-state index in [2.05, 4.69) is 0 Å². The van der Waals surface area contributed by atoms with Crippen molar-refractivity contribution in [1.82, 2.24) is 19.6 Å². The number of aliphatic hydroxyl groups excluding tert-OH is 1. The molecule has 0 aromatic heterocycles. The van der Waals surface area contributed by atoms with Gasteiger partial charge in [-0.15, -0.1) is 0 Å². The second-order valence-corrected chi connectivity index (χ2v) is 16.3. The van der Waals surface area contributed by atoms with Crippen molar-refractivity contribution in [2.75, 3.05) is 61.0 Å². The maximum absolute atomic E-state index is 12.6. The van der Waals surface area contributed by atoms with E-state index in [4.69, 9.17) is 19.3 Å². The van der Waals surface area contributed by atoms with Crippen molar-refractivity contribution in [3.05, 3.63) is 35.9 Å². The molecule has 1 rings (SSSR count). The summed E-state index contributed by atoms with van der Waals surface area (Å²) < 4.78 is 16.2. The molecule has 0 saturated carbocycles. The molecule has 2 N–H and O–H groups in total. The number of carboxylic acids is 1. The molecule has 0 fully saturated rings. The third-order valence-electron chi connectivity index (χ3n) is 7.85. The molecule has 0 bridgehead atoms. The molecule has 54 heavy (non-hydrogen) atoms. The Morgan fingerprint density at radius 3 is 1.33 bits per heavy atom. The van der Waals surface area contributed by atoms with Gasteiger partial charge in [-0.2, -0.15) is 0 Å². The van der Waals surface area contributed by atoms with Crippen LogP contribution in [0.5, 0.6) is 0 Å². The Hall–Kier alpha value is -3.42. The normalized spacial score (nSPS) is 12.6. The van der Waals surface area contributed by atoms with Gasteiger partial charge in [0, 0.05) is 33.8 Å². The quantitative estimate of drug-likeness (QED) is 0.0903. The minimum absolute atomic E-state index is 0.0620. The van der Waals surface area contributed by atoms with Crippen LogP contribution >= 0.6 is 0 Å². The number of carboxylic acid groups (broad SMARTS) is 1. The predicted molar refractivity (Wildman–Crippen MR) is 215 cm³/mol. The fourth-order valence-electron chi connectivity index (χ4n) is 5.32. The lowest BCUT2D eigenvalue weighted by atomic mass is 10.0. The van der Waals surface area contributed by atoms with Crippen LogP contribution in [0.15, 0.2) is 30.3 Å². The van der Waals surface area contributed by atoms with Gasteiger partial charge >= 0.3 is 24.1 Å². The average Bonchev–Trinajstić information content (AvgIpc) is 3.03. The number of benzene rings is 1. The monoisotopic (exact) mass is 769 g/mol. The molecule has 0 aliphatic heterocycles. The largest absolute Gasteiger partial charge is 0.480 e. The number of hydrogen-bond donors (Lipinski definition) is 2. The zero-order valence-corrected chi connectivity index (χ0v) is 36.3. The first-order valence-electron chi connectivity index (χ1n) is 19.2. The van der Waals surface area contributed by atoms with Crippen molar-refractivity contribution in [2.24, 2.45) is 11.8 Å². The molecule has 0 saturated heterocycles. The van der Waals surface area contributed by atoms with Crippen LogP contribution in [-0.2, 0) is 30.4 Å². The summed E-state index contributed by atoms with van der Waals surface area (Å²) in [6, 6.07) is 8.94. The molecule has 1 aromatic carbocycles. The number of esters is 1. The van der Waals surface area contributed by atoms with Crippen LogP contribution in [0, 0.1) is 11.8 Å². The van der Waals surface area contributed by atoms with Crippen LogP contribution in [0.3, 0.4) is 0 Å². The first-order valence-corrected chi connectivity index (χ1v) is 19.2. The standard InChI is InChI=1S/C23H38N2O4.C16H32N2O4.C2H6O/c1-18(2)20(21(26)28-17-19-13-9-8-10-14-19)24(6)15-11-12-16-25(7)22(27)29-23(3,4)5;1-12(2)13(14(19)20)17(6)10-8-9-11-18(7)15(21)22-16(3,4)5;1-2-3/h8-10,13-14,18,20H,11-12,15-17H2,1-7H3;12-13H,8-11H2,1-7H3,(H,19,20);3H,2H2,1H3/t20-;13-;/m00./s1. The molecule has 0 aliphatic carbocycles. The first kappa shape index (κ1) is 52.7. The minimum Gasteiger partial charge on any atom is -0.480 e. The van der Waals surface area contributed by atoms with Gasteiger partial charge in [-0.3, -0.25) is 19.4 Å². The van der Waals surface area contributed by atoms with Crippen molar-refractivity contribution >= 4 is 24.1 Å². The molecular weight excluding hydrogens is 692 g/mol. The summed E-state index contributed by atoms with van der Waals surface area (Å²) in [4.78, 5) is 54.7. The van der Waals surface area contributed by atoms with Crippen LogP contribution in [0.4, 0.5) is 9.59 Å². The number of rotatable bonds is 18. The van der Waals surface area contributed by atoms with Crippen molar-refractivity contribution in [1.29, 1.82) is 0 Å². The van der Waals surface area contributed by atoms with Crippen molar-refractivity contribution in [2.45, 2.75) is 132 Å². The second kappa shape index (κ2) is 27.2. The maximum Gasteiger partial charge on any atom is 0.410 e. The topological polar surface area (TPSA) is 149 Å². The number of carbonyl (C=O) groups excluding carboxylic acids is 3. The molecule has 1 aromatic rings. The summed E-state index contributed by atoms with van der Waals surface area (Å²) in [5.74, 6) is -0.778. The molecule has 0 aliphatic rings. The van der Waals surface area contributed by atoms with Crippen LogP contribution < -0.4 is 0 Å². The summed E-state index contributed by atoms with van der Waals surface area (Å²) in [5.41, 5.74) is 0.00410. The maximum atomic E-state index is 12.6. The fraction of sp³-hybridized carbons (Fsp3) is 0.756. The molecule has 314 valence electrons. The summed E-state index contributed by atoms with van der Waals surface area (Å²) >= 11 is 0. The first-order chi connectivity index (χ1) is 24.9. The summed E-state index contributed by atoms with van der Waals surface area (Å²) in [6.45, 7) is 23.8. The van der Waals surface area contributed by atoms with Crippen molar-refractivity contribution < 1.29 is 43.6 Å². The lowest BCUT2D eigenvalue weighted by Crippen LogP contribution is -2.44. The van der Waals surface area contributed by atoms with E-state index in [0.717, 1.165) is 37.8 Å². The number of nitrogens with zero attached hydrogens (tertiary/aromatic N) is 4. The number of carbonyl (C=O) groups is 4. The van der Waals surface area contributed by atoms with Crippen LogP contribution in [-0.4, -0.2) is 138 Å². The molecule has 2 amide bonds. The molecule has 13 nitrogen and oxygen atoms in total. The van der Waals surface area contributed by atoms with Crippen molar-refractivity contribution in [3.63, 3.8) is 0 Å². The van der Waals surface area contributed by atoms with Crippen LogP contribution in [0.2, 0.25) is 0 Å². The smallest absolute Gasteiger partial charge is 0.410 e. The SMILES string of the molecule is CC(C)[C@@H](C(=O)O)N(C)CCCCN(C)C(=O)OC(C)(C)C.CC(C)[C@@H](C(=O)OCc1ccccc1)N(C)CCCCN(C)C(=O)OC(C)(C)C.CCO. The predicted octanol–water partition coefficient (Wildman–Crippen LogP) is 7.01. The molecule has 2 atom stereocenters. The van der Waals surface area contributed by atoms with E-state index in [1.165, 1.54) is 0 Å². The highest BCUT2D eigenvalue weighted by atomic mass is 16.6. The lowest BCUT2D eigenvalue weighted by molar-refractivity contribution is -0.152. The zero-order valence-electron chi connectivity index (χ0n) is 36.3. The van der Waals surface area contributed by atoms with Gasteiger partial charge in [0.15, 0.2) is 0 Å². The number of aliphatic carboxylic acids is 1. The molecule has 0 unspecified atom stereocenters. The second-order valence-electron chi connectivity index (χ2n) is 16.3. The van der Waals surface area contributed by atoms with Gasteiger partial charge in [-0.1, -0.05) is 58.0 Å². The molecular formula is C41H76N4O9. The van der Waals surface area contributed by atoms with E-state index >= 15 is 0 Å². The minimum atomic E-state index is -0.789. The number of likely N-dealkylation sites (N-methyl/N-ethyl adjacent to an activating group) is 2. The third-order valence-corrected chi connectivity index (χ3v) is 7.85.